The Labute approximate surface area is 82.2 Å². The molecule has 14 heavy (non-hydrogen) atoms. The van der Waals surface area contributed by atoms with E-state index in [2.05, 4.69) is 0 Å². The zero-order valence-electron chi connectivity index (χ0n) is 7.64. The molecule has 74 valence electrons. The Balaban J connectivity index is 2.42. The van der Waals surface area contributed by atoms with Gasteiger partial charge in [0.1, 0.15) is 0 Å². The van der Waals surface area contributed by atoms with Crippen molar-refractivity contribution in [2.75, 3.05) is 13.2 Å². The van der Waals surface area contributed by atoms with Crippen LogP contribution in [0.4, 0.5) is 0 Å². The third kappa shape index (κ3) is 1.69. The molecule has 1 aliphatic rings. The Morgan fingerprint density at radius 2 is 1.93 bits per heavy atom. The number of rotatable bonds is 1. The Morgan fingerprint density at radius 3 is 2.71 bits per heavy atom. The van der Waals surface area contributed by atoms with Crippen LogP contribution in [0.1, 0.15) is 6.42 Å². The molecule has 0 aliphatic carbocycles. The van der Waals surface area contributed by atoms with Crippen LogP contribution in [-0.4, -0.2) is 30.4 Å². The van der Waals surface area contributed by atoms with Gasteiger partial charge in [-0.05, 0) is 6.07 Å². The summed E-state index contributed by atoms with van der Waals surface area (Å²) in [7, 11) is -1.52. The zero-order valence-corrected chi connectivity index (χ0v) is 7.64. The van der Waals surface area contributed by atoms with Crippen LogP contribution in [0.5, 0.6) is 11.5 Å². The van der Waals surface area contributed by atoms with Gasteiger partial charge in [-0.1, -0.05) is 12.1 Å². The molecule has 0 unspecified atom stereocenters. The lowest BCUT2D eigenvalue weighted by Gasteiger charge is -2.11. The van der Waals surface area contributed by atoms with Crippen LogP contribution in [0, 0.1) is 0 Å². The van der Waals surface area contributed by atoms with Crippen molar-refractivity contribution in [3.8, 4) is 11.5 Å². The first-order chi connectivity index (χ1) is 6.79. The quantitative estimate of drug-likeness (QED) is 0.593. The van der Waals surface area contributed by atoms with Gasteiger partial charge in [0.2, 0.25) is 0 Å². The van der Waals surface area contributed by atoms with E-state index >= 15 is 0 Å². The maximum atomic E-state index is 9.09. The Kier molecular flexibility index (Phi) is 2.61. The second-order valence-corrected chi connectivity index (χ2v) is 3.10. The lowest BCUT2D eigenvalue weighted by Crippen LogP contribution is -2.31. The molecule has 0 spiro atoms. The minimum absolute atomic E-state index is 0.351. The van der Waals surface area contributed by atoms with Gasteiger partial charge in [0.15, 0.2) is 11.5 Å². The monoisotopic (exact) mass is 194 g/mol. The summed E-state index contributed by atoms with van der Waals surface area (Å²) in [4.78, 5) is 0. The van der Waals surface area contributed by atoms with E-state index in [0.29, 0.717) is 30.2 Å². The van der Waals surface area contributed by atoms with Crippen molar-refractivity contribution in [1.82, 2.24) is 0 Å². The number of benzene rings is 1. The highest BCUT2D eigenvalue weighted by Gasteiger charge is 2.21. The summed E-state index contributed by atoms with van der Waals surface area (Å²) >= 11 is 0. The first-order valence-electron chi connectivity index (χ1n) is 4.53. The summed E-state index contributed by atoms with van der Waals surface area (Å²) in [5.74, 6) is 1.02. The van der Waals surface area contributed by atoms with Crippen LogP contribution in [-0.2, 0) is 0 Å². The van der Waals surface area contributed by atoms with Gasteiger partial charge in [-0.2, -0.15) is 0 Å². The van der Waals surface area contributed by atoms with E-state index in [1.807, 2.05) is 0 Å². The molecule has 0 saturated heterocycles. The first-order valence-corrected chi connectivity index (χ1v) is 4.53. The average molecular weight is 194 g/mol. The van der Waals surface area contributed by atoms with Crippen LogP contribution >= 0.6 is 0 Å². The molecule has 0 fully saturated rings. The van der Waals surface area contributed by atoms with E-state index in [0.717, 1.165) is 6.42 Å². The number of hydrogen-bond donors (Lipinski definition) is 2. The lowest BCUT2D eigenvalue weighted by atomic mass is 9.79. The Hall–Kier alpha value is -1.20. The first kappa shape index (κ1) is 9.36. The zero-order chi connectivity index (χ0) is 9.97. The molecule has 2 N–H and O–H groups in total. The van der Waals surface area contributed by atoms with Gasteiger partial charge < -0.3 is 19.5 Å². The molecule has 4 nitrogen and oxygen atoms in total. The summed E-state index contributed by atoms with van der Waals surface area (Å²) < 4.78 is 10.8. The lowest BCUT2D eigenvalue weighted by molar-refractivity contribution is 0.297. The molecule has 0 radical (unpaired) electrons. The number of hydrogen-bond acceptors (Lipinski definition) is 4. The molecule has 1 heterocycles. The van der Waals surface area contributed by atoms with Crippen molar-refractivity contribution in [2.45, 2.75) is 6.42 Å². The molecule has 0 atom stereocenters. The second kappa shape index (κ2) is 3.90. The van der Waals surface area contributed by atoms with Crippen molar-refractivity contribution in [3.05, 3.63) is 18.2 Å². The summed E-state index contributed by atoms with van der Waals surface area (Å²) in [6, 6.07) is 5.08. The molecule has 0 aromatic heterocycles. The molecule has 0 amide bonds. The fraction of sp³-hybridized carbons (Fsp3) is 0.333. The van der Waals surface area contributed by atoms with Crippen molar-refractivity contribution in [2.24, 2.45) is 0 Å². The average Bonchev–Trinajstić information content (AvgIpc) is 2.41. The van der Waals surface area contributed by atoms with Crippen molar-refractivity contribution < 1.29 is 19.5 Å². The largest absolute Gasteiger partial charge is 0.492 e. The van der Waals surface area contributed by atoms with Gasteiger partial charge in [-0.3, -0.25) is 0 Å². The van der Waals surface area contributed by atoms with Gasteiger partial charge in [-0.15, -0.1) is 0 Å². The van der Waals surface area contributed by atoms with Crippen molar-refractivity contribution in [3.63, 3.8) is 0 Å². The topological polar surface area (TPSA) is 58.9 Å². The minimum atomic E-state index is -1.52. The fourth-order valence-corrected chi connectivity index (χ4v) is 1.42. The van der Waals surface area contributed by atoms with Gasteiger partial charge in [0.05, 0.1) is 13.2 Å². The molecular formula is C9H11BO4. The standard InChI is InChI=1S/C9H11BO4/c11-10(12)7-3-1-4-8-9(7)14-6-2-5-13-8/h1,3-4,11-12H,2,5-6H2. The van der Waals surface area contributed by atoms with E-state index in [1.54, 1.807) is 18.2 Å². The summed E-state index contributed by atoms with van der Waals surface area (Å²) in [6.07, 6.45) is 0.801. The molecule has 1 aromatic carbocycles. The normalized spacial score (nSPS) is 14.7. The van der Waals surface area contributed by atoms with Crippen LogP contribution in [0.25, 0.3) is 0 Å². The van der Waals surface area contributed by atoms with Gasteiger partial charge in [0, 0.05) is 11.9 Å². The molecule has 2 rings (SSSR count). The summed E-state index contributed by atoms with van der Waals surface area (Å²) in [6.45, 7) is 1.13. The molecule has 0 bridgehead atoms. The summed E-state index contributed by atoms with van der Waals surface area (Å²) in [5, 5.41) is 18.2. The number of para-hydroxylation sites is 1. The van der Waals surface area contributed by atoms with E-state index in [-0.39, 0.29) is 0 Å². The van der Waals surface area contributed by atoms with Crippen molar-refractivity contribution in [1.29, 1.82) is 0 Å². The van der Waals surface area contributed by atoms with E-state index < -0.39 is 7.12 Å². The maximum absolute atomic E-state index is 9.09. The minimum Gasteiger partial charge on any atom is -0.490 e. The van der Waals surface area contributed by atoms with E-state index in [4.69, 9.17) is 19.5 Å². The van der Waals surface area contributed by atoms with Crippen LogP contribution in [0.3, 0.4) is 0 Å². The highest BCUT2D eigenvalue weighted by atomic mass is 16.5. The predicted molar refractivity (Wildman–Crippen MR) is 51.9 cm³/mol. The molecule has 1 aromatic rings. The van der Waals surface area contributed by atoms with Gasteiger partial charge >= 0.3 is 7.12 Å². The van der Waals surface area contributed by atoms with Gasteiger partial charge in [-0.25, -0.2) is 0 Å². The molecule has 1 aliphatic heterocycles. The van der Waals surface area contributed by atoms with Crippen LogP contribution in [0.15, 0.2) is 18.2 Å². The smallest absolute Gasteiger partial charge is 0.490 e. The molecular weight excluding hydrogens is 183 g/mol. The SMILES string of the molecule is OB(O)c1cccc2c1OCCCO2. The molecule has 0 saturated carbocycles. The fourth-order valence-electron chi connectivity index (χ4n) is 1.42. The van der Waals surface area contributed by atoms with E-state index in [9.17, 15) is 0 Å². The third-order valence-corrected chi connectivity index (χ3v) is 2.08. The Bertz CT molecular complexity index is 327. The summed E-state index contributed by atoms with van der Waals surface area (Å²) in [5.41, 5.74) is 0.351. The predicted octanol–water partition coefficient (Wildman–Crippen LogP) is -0.472. The van der Waals surface area contributed by atoms with Gasteiger partial charge in [0.25, 0.3) is 0 Å². The maximum Gasteiger partial charge on any atom is 0.492 e. The highest BCUT2D eigenvalue weighted by molar-refractivity contribution is 6.59. The number of fused-ring (bicyclic) bond motifs is 1. The third-order valence-electron chi connectivity index (χ3n) is 2.08. The van der Waals surface area contributed by atoms with Crippen LogP contribution in [0.2, 0.25) is 0 Å². The highest BCUT2D eigenvalue weighted by Crippen LogP contribution is 2.26. The van der Waals surface area contributed by atoms with Crippen molar-refractivity contribution >= 4 is 12.6 Å². The second-order valence-electron chi connectivity index (χ2n) is 3.10. The van der Waals surface area contributed by atoms with Crippen LogP contribution < -0.4 is 14.9 Å². The van der Waals surface area contributed by atoms with E-state index in [1.165, 1.54) is 0 Å². The number of ether oxygens (including phenoxy) is 2. The molecule has 5 heteroatoms. The Morgan fingerprint density at radius 1 is 1.14 bits per heavy atom.